The number of carbonyl (C=O) groups is 1. The van der Waals surface area contributed by atoms with Crippen molar-refractivity contribution >= 4 is 53.4 Å². The number of thiazole rings is 1. The molecule has 0 bridgehead atoms. The molecule has 2 aromatic heterocycles. The normalized spacial score (nSPS) is 17.2. The molecule has 1 saturated heterocycles. The van der Waals surface area contributed by atoms with Crippen molar-refractivity contribution in [3.05, 3.63) is 28.6 Å². The van der Waals surface area contributed by atoms with Gasteiger partial charge in [-0.05, 0) is 30.8 Å². The number of aromatic nitrogens is 1. The van der Waals surface area contributed by atoms with Gasteiger partial charge in [-0.1, -0.05) is 6.07 Å². The minimum absolute atomic E-state index is 0. The summed E-state index contributed by atoms with van der Waals surface area (Å²) in [7, 11) is 0. The summed E-state index contributed by atoms with van der Waals surface area (Å²) in [6.07, 6.45) is 2.57. The van der Waals surface area contributed by atoms with E-state index in [1.807, 2.05) is 16.8 Å². The average molecular weight is 380 g/mol. The van der Waals surface area contributed by atoms with Crippen LogP contribution in [0.15, 0.2) is 22.9 Å². The Morgan fingerprint density at radius 2 is 2.27 bits per heavy atom. The molecule has 3 rings (SSSR count). The third-order valence-corrected chi connectivity index (χ3v) is 5.22. The molecule has 1 atom stereocenters. The van der Waals surface area contributed by atoms with Crippen LogP contribution in [0.1, 0.15) is 18.5 Å². The fourth-order valence-corrected chi connectivity index (χ4v) is 3.95. The second kappa shape index (κ2) is 9.47. The van der Waals surface area contributed by atoms with Gasteiger partial charge in [-0.15, -0.1) is 47.5 Å². The number of piperidine rings is 1. The van der Waals surface area contributed by atoms with Gasteiger partial charge in [0.1, 0.15) is 5.01 Å². The Bertz CT molecular complexity index is 568. The highest BCUT2D eigenvalue weighted by molar-refractivity contribution is 7.20. The largest absolute Gasteiger partial charge is 0.352 e. The third-order valence-electron chi connectivity index (χ3n) is 3.29. The molecule has 1 fully saturated rings. The number of carbonyl (C=O) groups excluding carboxylic acids is 1. The lowest BCUT2D eigenvalue weighted by atomic mass is 10.1. The van der Waals surface area contributed by atoms with E-state index in [9.17, 15) is 4.79 Å². The third kappa shape index (κ3) is 5.21. The molecule has 2 N–H and O–H groups in total. The molecule has 4 nitrogen and oxygen atoms in total. The van der Waals surface area contributed by atoms with E-state index in [1.54, 1.807) is 22.7 Å². The minimum atomic E-state index is 0. The van der Waals surface area contributed by atoms with Crippen molar-refractivity contribution in [2.24, 2.45) is 0 Å². The van der Waals surface area contributed by atoms with Gasteiger partial charge in [0.25, 0.3) is 0 Å². The Hall–Kier alpha value is -0.660. The zero-order chi connectivity index (χ0) is 13.8. The number of nitrogens with zero attached hydrogens (tertiary/aromatic N) is 1. The van der Waals surface area contributed by atoms with Crippen molar-refractivity contribution in [2.75, 3.05) is 13.1 Å². The monoisotopic (exact) mass is 379 g/mol. The van der Waals surface area contributed by atoms with Crippen molar-refractivity contribution < 1.29 is 4.79 Å². The van der Waals surface area contributed by atoms with Gasteiger partial charge in [0.2, 0.25) is 5.91 Å². The molecule has 1 aliphatic rings. The zero-order valence-electron chi connectivity index (χ0n) is 11.9. The molecule has 0 unspecified atom stereocenters. The Balaban J connectivity index is 0.00000121. The fraction of sp³-hybridized carbons (Fsp3) is 0.429. The maximum absolute atomic E-state index is 12.0. The van der Waals surface area contributed by atoms with Crippen molar-refractivity contribution in [1.29, 1.82) is 0 Å². The second-order valence-corrected chi connectivity index (χ2v) is 6.71. The van der Waals surface area contributed by atoms with E-state index in [4.69, 9.17) is 0 Å². The smallest absolute Gasteiger partial charge is 0.226 e. The highest BCUT2D eigenvalue weighted by atomic mass is 35.5. The SMILES string of the molecule is Cl.Cl.O=C(Cc1csc(-c2cccs2)n1)N[C@H]1CCCNC1. The summed E-state index contributed by atoms with van der Waals surface area (Å²) >= 11 is 3.28. The van der Waals surface area contributed by atoms with Gasteiger partial charge >= 0.3 is 0 Å². The topological polar surface area (TPSA) is 54.0 Å². The minimum Gasteiger partial charge on any atom is -0.352 e. The van der Waals surface area contributed by atoms with Crippen molar-refractivity contribution in [2.45, 2.75) is 25.3 Å². The van der Waals surface area contributed by atoms with Crippen LogP contribution in [-0.4, -0.2) is 30.0 Å². The Kier molecular flexibility index (Phi) is 8.35. The molecule has 8 heteroatoms. The lowest BCUT2D eigenvalue weighted by Crippen LogP contribution is -2.46. The van der Waals surface area contributed by atoms with Crippen LogP contribution >= 0.6 is 47.5 Å². The summed E-state index contributed by atoms with van der Waals surface area (Å²) in [5.41, 5.74) is 0.861. The van der Waals surface area contributed by atoms with Gasteiger partial charge in [0.15, 0.2) is 0 Å². The molecule has 0 aliphatic carbocycles. The van der Waals surface area contributed by atoms with Crippen LogP contribution in [0.2, 0.25) is 0 Å². The van der Waals surface area contributed by atoms with Gasteiger partial charge in [0, 0.05) is 18.0 Å². The fourth-order valence-electron chi connectivity index (χ4n) is 2.32. The van der Waals surface area contributed by atoms with Gasteiger partial charge in [-0.3, -0.25) is 4.79 Å². The van der Waals surface area contributed by atoms with E-state index in [-0.39, 0.29) is 36.8 Å². The Labute approximate surface area is 150 Å². The van der Waals surface area contributed by atoms with Crippen LogP contribution in [0.25, 0.3) is 9.88 Å². The molecule has 3 heterocycles. The van der Waals surface area contributed by atoms with Crippen LogP contribution in [0, 0.1) is 0 Å². The number of hydrogen-bond acceptors (Lipinski definition) is 5. The molecule has 1 amide bonds. The van der Waals surface area contributed by atoms with Crippen LogP contribution in [0.3, 0.4) is 0 Å². The first-order chi connectivity index (χ1) is 9.81. The number of amides is 1. The van der Waals surface area contributed by atoms with E-state index in [2.05, 4.69) is 21.7 Å². The summed E-state index contributed by atoms with van der Waals surface area (Å²) in [5, 5.41) is 11.4. The van der Waals surface area contributed by atoms with Crippen LogP contribution in [-0.2, 0) is 11.2 Å². The molecule has 122 valence electrons. The van der Waals surface area contributed by atoms with Gasteiger partial charge < -0.3 is 10.6 Å². The summed E-state index contributed by atoms with van der Waals surface area (Å²) in [4.78, 5) is 17.7. The van der Waals surface area contributed by atoms with Gasteiger partial charge in [-0.25, -0.2) is 4.98 Å². The molecule has 0 radical (unpaired) electrons. The first-order valence-electron chi connectivity index (χ1n) is 6.79. The predicted octanol–water partition coefficient (Wildman–Crippen LogP) is 3.13. The molecule has 0 saturated carbocycles. The summed E-state index contributed by atoms with van der Waals surface area (Å²) in [6, 6.07) is 4.34. The Morgan fingerprint density at radius 1 is 1.41 bits per heavy atom. The summed E-state index contributed by atoms with van der Waals surface area (Å²) in [6.45, 7) is 1.94. The van der Waals surface area contributed by atoms with E-state index >= 15 is 0 Å². The molecule has 2 aromatic rings. The predicted molar refractivity (Wildman–Crippen MR) is 97.7 cm³/mol. The highest BCUT2D eigenvalue weighted by Gasteiger charge is 2.16. The second-order valence-electron chi connectivity index (χ2n) is 4.91. The van der Waals surface area contributed by atoms with E-state index in [1.165, 1.54) is 0 Å². The van der Waals surface area contributed by atoms with E-state index in [0.717, 1.165) is 41.5 Å². The number of halogens is 2. The lowest BCUT2D eigenvalue weighted by molar-refractivity contribution is -0.121. The molecular weight excluding hydrogens is 361 g/mol. The van der Waals surface area contributed by atoms with Crippen molar-refractivity contribution in [3.8, 4) is 9.88 Å². The van der Waals surface area contributed by atoms with Crippen LogP contribution < -0.4 is 10.6 Å². The molecule has 0 aromatic carbocycles. The maximum atomic E-state index is 12.0. The lowest BCUT2D eigenvalue weighted by Gasteiger charge is -2.23. The number of nitrogens with one attached hydrogen (secondary N) is 2. The van der Waals surface area contributed by atoms with Crippen molar-refractivity contribution in [1.82, 2.24) is 15.6 Å². The summed E-state index contributed by atoms with van der Waals surface area (Å²) in [5.74, 6) is 0.0710. The first-order valence-corrected chi connectivity index (χ1v) is 8.55. The van der Waals surface area contributed by atoms with Gasteiger partial charge in [0.05, 0.1) is 17.0 Å². The van der Waals surface area contributed by atoms with E-state index < -0.39 is 0 Å². The standard InChI is InChI=1S/C14H17N3OS2.2ClH/c18-13(16-10-3-1-5-15-8-10)7-11-9-20-14(17-11)12-4-2-6-19-12;;/h2,4,6,9-10,15H,1,3,5,7-8H2,(H,16,18);2*1H/t10-;;/m0../s1. The quantitative estimate of drug-likeness (QED) is 0.857. The number of hydrogen-bond donors (Lipinski definition) is 2. The average Bonchev–Trinajstić information content (AvgIpc) is 3.10. The van der Waals surface area contributed by atoms with Gasteiger partial charge in [-0.2, -0.15) is 0 Å². The Morgan fingerprint density at radius 3 is 2.95 bits per heavy atom. The molecule has 1 aliphatic heterocycles. The molecule has 0 spiro atoms. The number of thiophene rings is 1. The molecular formula is C14H19Cl2N3OS2. The number of rotatable bonds is 4. The zero-order valence-corrected chi connectivity index (χ0v) is 15.2. The first kappa shape index (κ1) is 19.4. The van der Waals surface area contributed by atoms with Crippen LogP contribution in [0.4, 0.5) is 0 Å². The summed E-state index contributed by atoms with van der Waals surface area (Å²) < 4.78 is 0. The molecule has 22 heavy (non-hydrogen) atoms. The van der Waals surface area contributed by atoms with Crippen LogP contribution in [0.5, 0.6) is 0 Å². The highest BCUT2D eigenvalue weighted by Crippen LogP contribution is 2.27. The van der Waals surface area contributed by atoms with E-state index in [0.29, 0.717) is 6.42 Å². The van der Waals surface area contributed by atoms with Crippen molar-refractivity contribution in [3.63, 3.8) is 0 Å². The maximum Gasteiger partial charge on any atom is 0.226 e.